The Morgan fingerprint density at radius 3 is 2.80 bits per heavy atom. The van der Waals surface area contributed by atoms with Crippen molar-refractivity contribution in [2.75, 3.05) is 0 Å². The maximum Gasteiger partial charge on any atom is 0.138 e. The van der Waals surface area contributed by atoms with Gasteiger partial charge in [0.25, 0.3) is 0 Å². The van der Waals surface area contributed by atoms with E-state index in [0.717, 1.165) is 12.2 Å². The van der Waals surface area contributed by atoms with Crippen LogP contribution >= 0.6 is 0 Å². The molecule has 1 fully saturated rings. The van der Waals surface area contributed by atoms with Crippen LogP contribution < -0.4 is 5.73 Å². The lowest BCUT2D eigenvalue weighted by Crippen LogP contribution is -2.37. The maximum atomic E-state index is 6.16. The van der Waals surface area contributed by atoms with Crippen LogP contribution in [0.5, 0.6) is 0 Å². The molecule has 1 aliphatic carbocycles. The Labute approximate surface area is 90.9 Å². The van der Waals surface area contributed by atoms with Gasteiger partial charge in [0.15, 0.2) is 0 Å². The van der Waals surface area contributed by atoms with Gasteiger partial charge in [-0.15, -0.1) is 0 Å². The van der Waals surface area contributed by atoms with Gasteiger partial charge in [-0.25, -0.2) is 9.67 Å². The van der Waals surface area contributed by atoms with E-state index in [1.165, 1.54) is 19.3 Å². The fourth-order valence-corrected chi connectivity index (χ4v) is 2.10. The first-order valence-electron chi connectivity index (χ1n) is 5.82. The molecule has 0 aliphatic heterocycles. The summed E-state index contributed by atoms with van der Waals surface area (Å²) in [5, 5.41) is 4.22. The van der Waals surface area contributed by atoms with Gasteiger partial charge in [-0.3, -0.25) is 0 Å². The van der Waals surface area contributed by atoms with Crippen molar-refractivity contribution in [2.24, 2.45) is 11.7 Å². The SMILES string of the molecule is CC(C)n1ncnc1CC(N)C1CCC1. The van der Waals surface area contributed by atoms with Crippen LogP contribution in [0.1, 0.15) is 45.0 Å². The molecular weight excluding hydrogens is 188 g/mol. The van der Waals surface area contributed by atoms with Crippen molar-refractivity contribution in [1.82, 2.24) is 14.8 Å². The largest absolute Gasteiger partial charge is 0.327 e. The van der Waals surface area contributed by atoms with E-state index in [2.05, 4.69) is 23.9 Å². The van der Waals surface area contributed by atoms with E-state index in [1.807, 2.05) is 4.68 Å². The predicted molar refractivity (Wildman–Crippen MR) is 59.4 cm³/mol. The third-order valence-electron chi connectivity index (χ3n) is 3.31. The van der Waals surface area contributed by atoms with Gasteiger partial charge in [0.2, 0.25) is 0 Å². The average Bonchev–Trinajstić information content (AvgIpc) is 2.48. The van der Waals surface area contributed by atoms with Crippen molar-refractivity contribution >= 4 is 0 Å². The standard InChI is InChI=1S/C11H20N4/c1-8(2)15-11(13-7-14-15)6-10(12)9-4-3-5-9/h7-10H,3-6,12H2,1-2H3. The number of nitrogens with zero attached hydrogens (tertiary/aromatic N) is 3. The summed E-state index contributed by atoms with van der Waals surface area (Å²) in [5.41, 5.74) is 6.16. The van der Waals surface area contributed by atoms with Gasteiger partial charge in [0.05, 0.1) is 0 Å². The zero-order valence-electron chi connectivity index (χ0n) is 9.56. The van der Waals surface area contributed by atoms with E-state index in [-0.39, 0.29) is 6.04 Å². The average molecular weight is 208 g/mol. The molecule has 1 unspecified atom stereocenters. The van der Waals surface area contributed by atoms with E-state index in [9.17, 15) is 0 Å². The molecule has 84 valence electrons. The summed E-state index contributed by atoms with van der Waals surface area (Å²) in [6.07, 6.45) is 6.41. The van der Waals surface area contributed by atoms with Gasteiger partial charge in [-0.2, -0.15) is 5.10 Å². The molecule has 4 nitrogen and oxygen atoms in total. The second-order valence-corrected chi connectivity index (χ2v) is 4.77. The fourth-order valence-electron chi connectivity index (χ4n) is 2.10. The molecule has 0 aromatic carbocycles. The van der Waals surface area contributed by atoms with Crippen LogP contribution in [-0.2, 0) is 6.42 Å². The quantitative estimate of drug-likeness (QED) is 0.816. The van der Waals surface area contributed by atoms with Gasteiger partial charge < -0.3 is 5.73 Å². The van der Waals surface area contributed by atoms with E-state index in [4.69, 9.17) is 5.73 Å². The highest BCUT2D eigenvalue weighted by molar-refractivity contribution is 4.93. The van der Waals surface area contributed by atoms with E-state index >= 15 is 0 Å². The Morgan fingerprint density at radius 1 is 1.53 bits per heavy atom. The number of rotatable bonds is 4. The monoisotopic (exact) mass is 208 g/mol. The first kappa shape index (κ1) is 10.6. The summed E-state index contributed by atoms with van der Waals surface area (Å²) < 4.78 is 1.97. The lowest BCUT2D eigenvalue weighted by atomic mass is 9.79. The van der Waals surface area contributed by atoms with Crippen molar-refractivity contribution in [3.8, 4) is 0 Å². The molecule has 1 saturated carbocycles. The third kappa shape index (κ3) is 2.20. The van der Waals surface area contributed by atoms with Gasteiger partial charge in [-0.05, 0) is 32.6 Å². The minimum absolute atomic E-state index is 0.264. The van der Waals surface area contributed by atoms with Gasteiger partial charge >= 0.3 is 0 Å². The third-order valence-corrected chi connectivity index (χ3v) is 3.31. The molecule has 0 radical (unpaired) electrons. The highest BCUT2D eigenvalue weighted by Gasteiger charge is 2.25. The van der Waals surface area contributed by atoms with Crippen molar-refractivity contribution in [3.63, 3.8) is 0 Å². The van der Waals surface area contributed by atoms with Crippen LogP contribution in [0.25, 0.3) is 0 Å². The lowest BCUT2D eigenvalue weighted by Gasteiger charge is -2.31. The first-order chi connectivity index (χ1) is 7.18. The van der Waals surface area contributed by atoms with Crippen molar-refractivity contribution in [2.45, 2.75) is 51.6 Å². The highest BCUT2D eigenvalue weighted by atomic mass is 15.3. The van der Waals surface area contributed by atoms with E-state index in [0.29, 0.717) is 12.0 Å². The zero-order chi connectivity index (χ0) is 10.8. The minimum atomic E-state index is 0.264. The van der Waals surface area contributed by atoms with Gasteiger partial charge in [0, 0.05) is 18.5 Å². The van der Waals surface area contributed by atoms with E-state index in [1.54, 1.807) is 6.33 Å². The molecule has 1 aromatic heterocycles. The summed E-state index contributed by atoms with van der Waals surface area (Å²) in [6.45, 7) is 4.24. The molecule has 1 heterocycles. The number of aromatic nitrogens is 3. The summed E-state index contributed by atoms with van der Waals surface area (Å²) in [6, 6.07) is 0.636. The Balaban J connectivity index is 1.99. The van der Waals surface area contributed by atoms with Crippen LogP contribution in [0.3, 0.4) is 0 Å². The summed E-state index contributed by atoms with van der Waals surface area (Å²) in [5.74, 6) is 1.74. The molecule has 0 saturated heterocycles. The first-order valence-corrected chi connectivity index (χ1v) is 5.82. The van der Waals surface area contributed by atoms with Crippen molar-refractivity contribution in [3.05, 3.63) is 12.2 Å². The van der Waals surface area contributed by atoms with Crippen LogP contribution in [0.2, 0.25) is 0 Å². The molecule has 1 atom stereocenters. The van der Waals surface area contributed by atoms with Crippen molar-refractivity contribution in [1.29, 1.82) is 0 Å². The molecule has 2 rings (SSSR count). The van der Waals surface area contributed by atoms with Crippen LogP contribution in [0.15, 0.2) is 6.33 Å². The topological polar surface area (TPSA) is 56.7 Å². The molecule has 1 aromatic rings. The zero-order valence-corrected chi connectivity index (χ0v) is 9.56. The Bertz CT molecular complexity index is 314. The van der Waals surface area contributed by atoms with Gasteiger partial charge in [0.1, 0.15) is 12.2 Å². The minimum Gasteiger partial charge on any atom is -0.327 e. The second kappa shape index (κ2) is 4.31. The Morgan fingerprint density at radius 2 is 2.27 bits per heavy atom. The second-order valence-electron chi connectivity index (χ2n) is 4.77. The summed E-state index contributed by atoms with van der Waals surface area (Å²) in [4.78, 5) is 4.29. The van der Waals surface area contributed by atoms with Crippen LogP contribution in [0, 0.1) is 5.92 Å². The van der Waals surface area contributed by atoms with Gasteiger partial charge in [-0.1, -0.05) is 6.42 Å². The normalized spacial score (nSPS) is 19.2. The van der Waals surface area contributed by atoms with Crippen LogP contribution in [-0.4, -0.2) is 20.8 Å². The van der Waals surface area contributed by atoms with Crippen molar-refractivity contribution < 1.29 is 0 Å². The maximum absolute atomic E-state index is 6.16. The number of hydrogen-bond acceptors (Lipinski definition) is 3. The number of nitrogens with two attached hydrogens (primary N) is 1. The highest BCUT2D eigenvalue weighted by Crippen LogP contribution is 2.29. The summed E-state index contributed by atoms with van der Waals surface area (Å²) in [7, 11) is 0. The smallest absolute Gasteiger partial charge is 0.138 e. The summed E-state index contributed by atoms with van der Waals surface area (Å²) >= 11 is 0. The molecular formula is C11H20N4. The molecule has 0 amide bonds. The molecule has 15 heavy (non-hydrogen) atoms. The van der Waals surface area contributed by atoms with E-state index < -0.39 is 0 Å². The lowest BCUT2D eigenvalue weighted by molar-refractivity contribution is 0.256. The molecule has 4 heteroatoms. The molecule has 1 aliphatic rings. The predicted octanol–water partition coefficient (Wildman–Crippen LogP) is 1.53. The van der Waals surface area contributed by atoms with Crippen LogP contribution in [0.4, 0.5) is 0 Å². The Hall–Kier alpha value is -0.900. The Kier molecular flexibility index (Phi) is 3.05. The molecule has 0 spiro atoms. The molecule has 0 bridgehead atoms. The molecule has 2 N–H and O–H groups in total. The fraction of sp³-hybridized carbons (Fsp3) is 0.818. The number of hydrogen-bond donors (Lipinski definition) is 1.